The first-order valence-electron chi connectivity index (χ1n) is 11.1. The molecule has 166 valence electrons. The average molecular weight is 435 g/mol. The minimum Gasteiger partial charge on any atom is -0.480 e. The smallest absolute Gasteiger partial charge is 0.264 e. The Morgan fingerprint density at radius 3 is 2.63 bits per heavy atom. The maximum absolute atomic E-state index is 13.5. The standard InChI is InChI=1S/C23H34N2O4S/c1-4-21-23(26)25-14-13-19(24-30(2,3)27)20(25)15-28-17-11-9-16(10-12-17)18-7-5-6-8-22(18)29-21/h5-8,16-17,19-21H,2,4,9-15H2,1,3H3,(H,24,27)/t16?,17?,19-,20-,21+,30?/m0/s1. The molecule has 5 rings (SSSR count). The van der Waals surface area contributed by atoms with E-state index < -0.39 is 15.8 Å². The highest BCUT2D eigenvalue weighted by Crippen LogP contribution is 2.39. The number of para-hydroxylation sites is 1. The van der Waals surface area contributed by atoms with Crippen LogP contribution < -0.4 is 9.46 Å². The number of hydrogen-bond donors (Lipinski definition) is 1. The summed E-state index contributed by atoms with van der Waals surface area (Å²) in [6.45, 7) is 3.05. The zero-order valence-electron chi connectivity index (χ0n) is 18.0. The van der Waals surface area contributed by atoms with Crippen molar-refractivity contribution in [2.24, 2.45) is 0 Å². The summed E-state index contributed by atoms with van der Waals surface area (Å²) in [6, 6.07) is 7.92. The van der Waals surface area contributed by atoms with E-state index in [0.29, 0.717) is 25.5 Å². The van der Waals surface area contributed by atoms with Gasteiger partial charge in [0.25, 0.3) is 5.91 Å². The van der Waals surface area contributed by atoms with Crippen LogP contribution in [0.4, 0.5) is 0 Å². The number of rotatable bonds is 3. The summed E-state index contributed by atoms with van der Waals surface area (Å²) in [7, 11) is -2.38. The Morgan fingerprint density at radius 1 is 1.20 bits per heavy atom. The van der Waals surface area contributed by atoms with Crippen molar-refractivity contribution in [1.82, 2.24) is 9.62 Å². The Bertz CT molecular complexity index is 864. The number of carbonyl (C=O) groups excluding carboxylic acids is 1. The Balaban J connectivity index is 1.66. The van der Waals surface area contributed by atoms with Crippen LogP contribution in [0.5, 0.6) is 5.75 Å². The first kappa shape index (κ1) is 21.7. The van der Waals surface area contributed by atoms with Crippen molar-refractivity contribution in [1.29, 1.82) is 0 Å². The molecule has 3 aliphatic heterocycles. The predicted octanol–water partition coefficient (Wildman–Crippen LogP) is 2.72. The lowest BCUT2D eigenvalue weighted by molar-refractivity contribution is -0.141. The first-order chi connectivity index (χ1) is 14.4. The lowest BCUT2D eigenvalue weighted by Crippen LogP contribution is -2.52. The molecule has 1 aromatic rings. The van der Waals surface area contributed by atoms with Gasteiger partial charge in [-0.1, -0.05) is 25.1 Å². The van der Waals surface area contributed by atoms with Crippen LogP contribution in [0, 0.1) is 0 Å². The summed E-state index contributed by atoms with van der Waals surface area (Å²) in [4.78, 5) is 15.4. The molecule has 1 saturated heterocycles. The van der Waals surface area contributed by atoms with Crippen LogP contribution in [0.15, 0.2) is 24.3 Å². The Kier molecular flexibility index (Phi) is 6.42. The van der Waals surface area contributed by atoms with Crippen LogP contribution in [0.25, 0.3) is 0 Å². The fraction of sp³-hybridized carbons (Fsp3) is 0.652. The van der Waals surface area contributed by atoms with Crippen molar-refractivity contribution < 1.29 is 18.5 Å². The summed E-state index contributed by atoms with van der Waals surface area (Å²) < 4.78 is 28.1. The van der Waals surface area contributed by atoms with Crippen molar-refractivity contribution in [3.05, 3.63) is 29.8 Å². The largest absolute Gasteiger partial charge is 0.480 e. The monoisotopic (exact) mass is 434 g/mol. The van der Waals surface area contributed by atoms with E-state index in [4.69, 9.17) is 9.47 Å². The van der Waals surface area contributed by atoms with Crippen LogP contribution >= 0.6 is 0 Å². The Hall–Kier alpha value is -1.57. The molecule has 0 aromatic heterocycles. The zero-order valence-corrected chi connectivity index (χ0v) is 18.9. The van der Waals surface area contributed by atoms with Crippen molar-refractivity contribution in [2.75, 3.05) is 19.4 Å². The summed E-state index contributed by atoms with van der Waals surface area (Å²) in [6.07, 6.45) is 6.76. The molecule has 4 aliphatic rings. The third kappa shape index (κ3) is 4.68. The molecule has 4 atom stereocenters. The predicted molar refractivity (Wildman–Crippen MR) is 120 cm³/mol. The van der Waals surface area contributed by atoms with E-state index in [1.807, 2.05) is 24.0 Å². The highest BCUT2D eigenvalue weighted by molar-refractivity contribution is 7.97. The van der Waals surface area contributed by atoms with Crippen LogP contribution in [-0.4, -0.2) is 64.6 Å². The molecule has 1 saturated carbocycles. The van der Waals surface area contributed by atoms with Gasteiger partial charge in [0.15, 0.2) is 6.10 Å². The first-order valence-corrected chi connectivity index (χ1v) is 13.3. The van der Waals surface area contributed by atoms with Gasteiger partial charge in [-0.3, -0.25) is 9.00 Å². The number of hydrogen-bond acceptors (Lipinski definition) is 4. The second-order valence-electron chi connectivity index (χ2n) is 8.98. The number of nitrogens with one attached hydrogen (secondary N) is 1. The van der Waals surface area contributed by atoms with E-state index >= 15 is 0 Å². The van der Waals surface area contributed by atoms with E-state index in [1.54, 1.807) is 6.26 Å². The van der Waals surface area contributed by atoms with Crippen LogP contribution in [0.1, 0.15) is 56.9 Å². The van der Waals surface area contributed by atoms with Crippen molar-refractivity contribution in [3.8, 4) is 5.75 Å². The van der Waals surface area contributed by atoms with Gasteiger partial charge < -0.3 is 14.4 Å². The molecule has 1 N–H and O–H groups in total. The third-order valence-electron chi connectivity index (χ3n) is 6.68. The second kappa shape index (κ2) is 8.89. The number of benzene rings is 1. The van der Waals surface area contributed by atoms with E-state index in [9.17, 15) is 9.00 Å². The molecule has 0 spiro atoms. The lowest BCUT2D eigenvalue weighted by atomic mass is 9.82. The summed E-state index contributed by atoms with van der Waals surface area (Å²) in [5.41, 5.74) is 1.21. The molecule has 1 amide bonds. The van der Waals surface area contributed by atoms with Gasteiger partial charge in [0, 0.05) is 28.6 Å². The van der Waals surface area contributed by atoms with Crippen LogP contribution in [0.3, 0.4) is 0 Å². The van der Waals surface area contributed by atoms with Gasteiger partial charge in [-0.2, -0.15) is 0 Å². The molecule has 6 nitrogen and oxygen atoms in total. The number of fused-ring (bicyclic) bond motifs is 5. The number of nitrogens with zero attached hydrogens (tertiary/aromatic N) is 1. The van der Waals surface area contributed by atoms with E-state index in [1.165, 1.54) is 5.56 Å². The fourth-order valence-electron chi connectivity index (χ4n) is 5.14. The summed E-state index contributed by atoms with van der Waals surface area (Å²) in [5.74, 6) is 5.01. The van der Waals surface area contributed by atoms with E-state index in [2.05, 4.69) is 22.7 Å². The number of amides is 1. The van der Waals surface area contributed by atoms with Gasteiger partial charge in [-0.15, -0.1) is 0 Å². The van der Waals surface area contributed by atoms with Gasteiger partial charge in [0.2, 0.25) is 0 Å². The highest BCUT2D eigenvalue weighted by Gasteiger charge is 2.41. The minimum absolute atomic E-state index is 0.0107. The quantitative estimate of drug-likeness (QED) is 0.743. The fourth-order valence-corrected chi connectivity index (χ4v) is 6.05. The normalized spacial score (nSPS) is 34.0. The molecule has 0 radical (unpaired) electrons. The highest BCUT2D eigenvalue weighted by atomic mass is 32.2. The molecular formula is C23H34N2O4S. The number of carbonyl (C=O) groups is 1. The van der Waals surface area contributed by atoms with Gasteiger partial charge in [0.1, 0.15) is 5.75 Å². The Morgan fingerprint density at radius 2 is 1.93 bits per heavy atom. The molecule has 3 heterocycles. The third-order valence-corrected chi connectivity index (χ3v) is 7.48. The maximum Gasteiger partial charge on any atom is 0.264 e. The molecule has 30 heavy (non-hydrogen) atoms. The molecule has 1 aromatic carbocycles. The van der Waals surface area contributed by atoms with Gasteiger partial charge in [-0.25, -0.2) is 4.72 Å². The van der Waals surface area contributed by atoms with E-state index in [-0.39, 0.29) is 24.1 Å². The number of ether oxygens (including phenoxy) is 2. The van der Waals surface area contributed by atoms with Crippen LogP contribution in [-0.2, 0) is 19.2 Å². The Labute approximate surface area is 180 Å². The van der Waals surface area contributed by atoms with Crippen molar-refractivity contribution >= 4 is 21.5 Å². The second-order valence-corrected chi connectivity index (χ2v) is 11.2. The van der Waals surface area contributed by atoms with Gasteiger partial charge in [-0.05, 0) is 61.9 Å². The molecule has 1 unspecified atom stereocenters. The minimum atomic E-state index is -2.38. The lowest BCUT2D eigenvalue weighted by Gasteiger charge is -2.33. The molecule has 2 fully saturated rings. The maximum atomic E-state index is 13.5. The topological polar surface area (TPSA) is 67.9 Å². The molecule has 1 aliphatic carbocycles. The SMILES string of the molecule is C=S(C)(=O)N[C@H]1CCN2C(=O)[C@@H](CC)Oc3ccccc3C3CCC(CC3)OC[C@@H]12. The summed E-state index contributed by atoms with van der Waals surface area (Å²) in [5, 5.41) is 0. The zero-order chi connectivity index (χ0) is 21.3. The molecule has 2 bridgehead atoms. The summed E-state index contributed by atoms with van der Waals surface area (Å²) >= 11 is 0. The van der Waals surface area contributed by atoms with Gasteiger partial charge in [0.05, 0.1) is 18.8 Å². The molecule has 7 heteroatoms. The van der Waals surface area contributed by atoms with Crippen molar-refractivity contribution in [3.63, 3.8) is 0 Å². The van der Waals surface area contributed by atoms with E-state index in [0.717, 1.165) is 37.9 Å². The van der Waals surface area contributed by atoms with Gasteiger partial charge >= 0.3 is 0 Å². The molecular weight excluding hydrogens is 400 g/mol. The average Bonchev–Trinajstić information content (AvgIpc) is 3.11. The van der Waals surface area contributed by atoms with Crippen LogP contribution in [0.2, 0.25) is 0 Å². The van der Waals surface area contributed by atoms with Crippen molar-refractivity contribution in [2.45, 2.75) is 75.7 Å².